The number of hydrogen-bond acceptors (Lipinski definition) is 5. The van der Waals surface area contributed by atoms with Crippen molar-refractivity contribution in [2.75, 3.05) is 11.6 Å². The van der Waals surface area contributed by atoms with Crippen molar-refractivity contribution in [3.05, 3.63) is 38.7 Å². The SMILES string of the molecule is CSc1nc(Nc2cc(Cl)cc(Cl)c2)c2c3c(sc2n1)CCCC3. The van der Waals surface area contributed by atoms with Gasteiger partial charge in [-0.1, -0.05) is 35.0 Å². The van der Waals surface area contributed by atoms with Gasteiger partial charge in [-0.05, 0) is 55.7 Å². The zero-order chi connectivity index (χ0) is 16.7. The van der Waals surface area contributed by atoms with Gasteiger partial charge in [-0.15, -0.1) is 11.3 Å². The Kier molecular flexibility index (Phi) is 4.60. The van der Waals surface area contributed by atoms with Gasteiger partial charge in [0, 0.05) is 20.6 Å². The van der Waals surface area contributed by atoms with Gasteiger partial charge in [0.2, 0.25) is 0 Å². The number of fused-ring (bicyclic) bond motifs is 3. The average Bonchev–Trinajstić information content (AvgIpc) is 2.92. The lowest BCUT2D eigenvalue weighted by atomic mass is 9.97. The molecule has 1 aliphatic rings. The Labute approximate surface area is 158 Å². The first-order valence-electron chi connectivity index (χ1n) is 7.73. The Balaban J connectivity index is 1.87. The fourth-order valence-corrected chi connectivity index (χ4v) is 5.29. The molecule has 0 unspecified atom stereocenters. The lowest BCUT2D eigenvalue weighted by Crippen LogP contribution is -2.02. The summed E-state index contributed by atoms with van der Waals surface area (Å²) in [7, 11) is 0. The van der Waals surface area contributed by atoms with E-state index in [4.69, 9.17) is 33.2 Å². The predicted molar refractivity (Wildman–Crippen MR) is 106 cm³/mol. The third kappa shape index (κ3) is 3.10. The molecule has 3 aromatic rings. The van der Waals surface area contributed by atoms with Crippen molar-refractivity contribution in [2.45, 2.75) is 30.8 Å². The summed E-state index contributed by atoms with van der Waals surface area (Å²) in [5, 5.41) is 6.55. The van der Waals surface area contributed by atoms with Crippen molar-refractivity contribution in [1.82, 2.24) is 9.97 Å². The lowest BCUT2D eigenvalue weighted by molar-refractivity contribution is 0.700. The summed E-state index contributed by atoms with van der Waals surface area (Å²) >= 11 is 15.6. The van der Waals surface area contributed by atoms with E-state index in [0.29, 0.717) is 10.0 Å². The van der Waals surface area contributed by atoms with Crippen LogP contribution in [0, 0.1) is 0 Å². The summed E-state index contributed by atoms with van der Waals surface area (Å²) in [5.41, 5.74) is 2.25. The summed E-state index contributed by atoms with van der Waals surface area (Å²) in [5.74, 6) is 0.849. The van der Waals surface area contributed by atoms with Crippen LogP contribution in [0.2, 0.25) is 10.0 Å². The molecule has 1 N–H and O–H groups in total. The van der Waals surface area contributed by atoms with Crippen LogP contribution >= 0.6 is 46.3 Å². The molecule has 0 radical (unpaired) electrons. The van der Waals surface area contributed by atoms with E-state index < -0.39 is 0 Å². The number of benzene rings is 1. The normalized spacial score (nSPS) is 14.0. The van der Waals surface area contributed by atoms with Crippen LogP contribution in [0.3, 0.4) is 0 Å². The minimum Gasteiger partial charge on any atom is -0.339 e. The molecule has 2 heterocycles. The van der Waals surface area contributed by atoms with Gasteiger partial charge in [0.05, 0.1) is 5.39 Å². The third-order valence-electron chi connectivity index (χ3n) is 4.10. The van der Waals surface area contributed by atoms with Crippen molar-refractivity contribution in [3.63, 3.8) is 0 Å². The molecule has 0 atom stereocenters. The number of rotatable bonds is 3. The molecule has 0 bridgehead atoms. The zero-order valence-corrected chi connectivity index (χ0v) is 16.2. The molecule has 4 rings (SSSR count). The number of aromatic nitrogens is 2. The third-order valence-corrected chi connectivity index (χ3v) is 6.27. The second-order valence-electron chi connectivity index (χ2n) is 5.73. The minimum absolute atomic E-state index is 0.604. The fourth-order valence-electron chi connectivity index (χ4n) is 3.08. The highest BCUT2D eigenvalue weighted by molar-refractivity contribution is 7.98. The van der Waals surface area contributed by atoms with E-state index in [1.807, 2.05) is 18.4 Å². The van der Waals surface area contributed by atoms with Crippen LogP contribution in [0.5, 0.6) is 0 Å². The summed E-state index contributed by atoms with van der Waals surface area (Å²) in [6.07, 6.45) is 6.73. The topological polar surface area (TPSA) is 37.8 Å². The van der Waals surface area contributed by atoms with Crippen LogP contribution < -0.4 is 5.32 Å². The van der Waals surface area contributed by atoms with E-state index >= 15 is 0 Å². The number of thiophene rings is 1. The van der Waals surface area contributed by atoms with Gasteiger partial charge < -0.3 is 5.32 Å². The number of halogens is 2. The largest absolute Gasteiger partial charge is 0.339 e. The van der Waals surface area contributed by atoms with Crippen molar-refractivity contribution in [2.24, 2.45) is 0 Å². The van der Waals surface area contributed by atoms with E-state index in [1.54, 1.807) is 29.2 Å². The van der Waals surface area contributed by atoms with Crippen LogP contribution in [0.15, 0.2) is 23.4 Å². The maximum absolute atomic E-state index is 6.13. The van der Waals surface area contributed by atoms with Gasteiger partial charge in [-0.3, -0.25) is 0 Å². The number of nitrogens with zero attached hydrogens (tertiary/aromatic N) is 2. The Morgan fingerprint density at radius 2 is 1.83 bits per heavy atom. The Morgan fingerprint density at radius 1 is 1.08 bits per heavy atom. The molecule has 0 spiro atoms. The van der Waals surface area contributed by atoms with Crippen LogP contribution in [0.4, 0.5) is 11.5 Å². The first kappa shape index (κ1) is 16.5. The van der Waals surface area contributed by atoms with Gasteiger partial charge in [0.25, 0.3) is 0 Å². The highest BCUT2D eigenvalue weighted by Gasteiger charge is 2.21. The van der Waals surface area contributed by atoms with Gasteiger partial charge >= 0.3 is 0 Å². The number of nitrogens with one attached hydrogen (secondary N) is 1. The van der Waals surface area contributed by atoms with Crippen molar-refractivity contribution in [3.8, 4) is 0 Å². The molecule has 2 aromatic heterocycles. The molecular weight excluding hydrogens is 381 g/mol. The van der Waals surface area contributed by atoms with Crippen LogP contribution in [0.25, 0.3) is 10.2 Å². The fraction of sp³-hybridized carbons (Fsp3) is 0.294. The maximum Gasteiger partial charge on any atom is 0.190 e. The first-order valence-corrected chi connectivity index (χ1v) is 10.5. The van der Waals surface area contributed by atoms with Gasteiger partial charge in [0.1, 0.15) is 10.6 Å². The molecule has 0 saturated heterocycles. The van der Waals surface area contributed by atoms with E-state index in [1.165, 1.54) is 23.3 Å². The van der Waals surface area contributed by atoms with Gasteiger partial charge in [-0.25, -0.2) is 9.97 Å². The predicted octanol–water partition coefficient (Wildman–Crippen LogP) is 6.34. The first-order chi connectivity index (χ1) is 11.6. The number of hydrogen-bond donors (Lipinski definition) is 1. The molecular formula is C17H15Cl2N3S2. The van der Waals surface area contributed by atoms with Crippen LogP contribution in [-0.2, 0) is 12.8 Å². The molecule has 1 aliphatic carbocycles. The van der Waals surface area contributed by atoms with Crippen LogP contribution in [-0.4, -0.2) is 16.2 Å². The number of anilines is 2. The quantitative estimate of drug-likeness (QED) is 0.414. The highest BCUT2D eigenvalue weighted by atomic mass is 35.5. The van der Waals surface area contributed by atoms with Crippen molar-refractivity contribution in [1.29, 1.82) is 0 Å². The van der Waals surface area contributed by atoms with Crippen molar-refractivity contribution >= 4 is 68.0 Å². The number of aryl methyl sites for hydroxylation is 2. The second kappa shape index (κ2) is 6.71. The molecule has 24 heavy (non-hydrogen) atoms. The molecule has 7 heteroatoms. The maximum atomic E-state index is 6.13. The molecule has 3 nitrogen and oxygen atoms in total. The Morgan fingerprint density at radius 3 is 2.58 bits per heavy atom. The van der Waals surface area contributed by atoms with Gasteiger partial charge in [0.15, 0.2) is 5.16 Å². The second-order valence-corrected chi connectivity index (χ2v) is 8.46. The van der Waals surface area contributed by atoms with Crippen LogP contribution in [0.1, 0.15) is 23.3 Å². The van der Waals surface area contributed by atoms with E-state index in [9.17, 15) is 0 Å². The average molecular weight is 396 g/mol. The molecule has 1 aromatic carbocycles. The highest BCUT2D eigenvalue weighted by Crippen LogP contribution is 2.40. The summed E-state index contributed by atoms with van der Waals surface area (Å²) in [6.45, 7) is 0. The molecule has 0 fully saturated rings. The molecule has 124 valence electrons. The summed E-state index contributed by atoms with van der Waals surface area (Å²) < 4.78 is 0. The molecule has 0 amide bonds. The van der Waals surface area contributed by atoms with Gasteiger partial charge in [-0.2, -0.15) is 0 Å². The lowest BCUT2D eigenvalue weighted by Gasteiger charge is -2.13. The number of thioether (sulfide) groups is 1. The van der Waals surface area contributed by atoms with E-state index in [2.05, 4.69) is 5.32 Å². The minimum atomic E-state index is 0.604. The summed E-state index contributed by atoms with van der Waals surface area (Å²) in [4.78, 5) is 12.0. The zero-order valence-electron chi connectivity index (χ0n) is 13.0. The van der Waals surface area contributed by atoms with E-state index in [-0.39, 0.29) is 0 Å². The van der Waals surface area contributed by atoms with E-state index in [0.717, 1.165) is 39.7 Å². The molecule has 0 aliphatic heterocycles. The monoisotopic (exact) mass is 395 g/mol. The Hall–Kier alpha value is -1.01. The smallest absolute Gasteiger partial charge is 0.190 e. The summed E-state index contributed by atoms with van der Waals surface area (Å²) in [6, 6.07) is 5.45. The Bertz CT molecular complexity index is 904. The molecule has 0 saturated carbocycles. The standard InChI is InChI=1S/C17H15Cl2N3S2/c1-23-17-21-15(20-11-7-9(18)6-10(19)8-11)14-12-4-2-3-5-13(12)24-16(14)22-17/h6-8H,2-5H2,1H3,(H,20,21,22). The van der Waals surface area contributed by atoms with Crippen molar-refractivity contribution < 1.29 is 0 Å².